The molecule has 1 aromatic carbocycles. The summed E-state index contributed by atoms with van der Waals surface area (Å²) in [6.45, 7) is -0.212. The molecule has 1 N–H and O–H groups in total. The molecule has 8 heteroatoms. The van der Waals surface area contributed by atoms with Crippen LogP contribution in [0.4, 0.5) is 11.4 Å². The van der Waals surface area contributed by atoms with E-state index in [1.54, 1.807) is 32.3 Å². The van der Waals surface area contributed by atoms with Gasteiger partial charge in [-0.2, -0.15) is 0 Å². The van der Waals surface area contributed by atoms with Gasteiger partial charge in [0.2, 0.25) is 15.9 Å². The summed E-state index contributed by atoms with van der Waals surface area (Å²) < 4.78 is 27.6. The molecule has 1 rings (SSSR count). The number of anilines is 2. The van der Waals surface area contributed by atoms with Gasteiger partial charge in [-0.15, -0.1) is 0 Å². The number of carbonyl (C=O) groups is 1. The van der Waals surface area contributed by atoms with Crippen LogP contribution >= 0.6 is 22.9 Å². The Kier molecular flexibility index (Phi) is 5.41. The maximum absolute atomic E-state index is 11.8. The van der Waals surface area contributed by atoms with Gasteiger partial charge in [-0.3, -0.25) is 9.10 Å². The fourth-order valence-corrected chi connectivity index (χ4v) is 2.56. The number of benzene rings is 1. The molecule has 1 amide bonds. The van der Waals surface area contributed by atoms with Crippen molar-refractivity contribution in [3.8, 4) is 0 Å². The predicted octanol–water partition coefficient (Wildman–Crippen LogP) is 1.30. The van der Waals surface area contributed by atoms with E-state index in [-0.39, 0.29) is 12.5 Å². The second-order valence-electron chi connectivity index (χ2n) is 4.20. The Morgan fingerprint density at radius 1 is 1.37 bits per heavy atom. The molecule has 0 aliphatic rings. The van der Waals surface area contributed by atoms with Crippen molar-refractivity contribution in [2.24, 2.45) is 0 Å². The SMILES string of the molecule is CN(C)C(=O)CN(c1cccc(NI)c1)S(C)(=O)=O. The third-order valence-corrected chi connectivity index (χ3v) is 4.18. The van der Waals surface area contributed by atoms with E-state index in [1.807, 2.05) is 28.9 Å². The van der Waals surface area contributed by atoms with Crippen LogP contribution in [0.1, 0.15) is 0 Å². The first kappa shape index (κ1) is 16.0. The Hall–Kier alpha value is -1.03. The van der Waals surface area contributed by atoms with Crippen LogP contribution in [0.15, 0.2) is 24.3 Å². The van der Waals surface area contributed by atoms with Gasteiger partial charge < -0.3 is 8.43 Å². The summed E-state index contributed by atoms with van der Waals surface area (Å²) in [6, 6.07) is 6.87. The predicted molar refractivity (Wildman–Crippen MR) is 85.0 cm³/mol. The number of likely N-dealkylation sites (N-methyl/N-ethyl adjacent to an activating group) is 1. The molecule has 0 aromatic heterocycles. The number of nitrogens with zero attached hydrogens (tertiary/aromatic N) is 2. The maximum atomic E-state index is 11.8. The lowest BCUT2D eigenvalue weighted by atomic mass is 10.3. The first-order valence-corrected chi connectivity index (χ1v) is 8.33. The number of nitrogens with one attached hydrogen (secondary N) is 1. The Morgan fingerprint density at radius 3 is 2.47 bits per heavy atom. The summed E-state index contributed by atoms with van der Waals surface area (Å²) in [7, 11) is -0.338. The van der Waals surface area contributed by atoms with Crippen LogP contribution in [0.2, 0.25) is 0 Å². The van der Waals surface area contributed by atoms with Gasteiger partial charge >= 0.3 is 0 Å². The molecule has 0 aliphatic heterocycles. The second kappa shape index (κ2) is 6.42. The Balaban J connectivity index is 3.14. The molecule has 0 atom stereocenters. The normalized spacial score (nSPS) is 10.9. The summed E-state index contributed by atoms with van der Waals surface area (Å²) in [4.78, 5) is 13.1. The molecular weight excluding hydrogens is 381 g/mol. The summed E-state index contributed by atoms with van der Waals surface area (Å²) in [5, 5.41) is 0. The van der Waals surface area contributed by atoms with Crippen LogP contribution in [-0.4, -0.2) is 46.1 Å². The van der Waals surface area contributed by atoms with Gasteiger partial charge in [-0.25, -0.2) is 8.42 Å². The van der Waals surface area contributed by atoms with Gasteiger partial charge in [-0.1, -0.05) is 6.07 Å². The lowest BCUT2D eigenvalue weighted by Gasteiger charge is -2.23. The molecule has 6 nitrogen and oxygen atoms in total. The highest BCUT2D eigenvalue weighted by Gasteiger charge is 2.21. The van der Waals surface area contributed by atoms with Crippen molar-refractivity contribution in [1.29, 1.82) is 0 Å². The standard InChI is InChI=1S/C11H16IN3O3S/c1-14(2)11(16)8-15(19(3,17)18)10-6-4-5-9(7-10)13-12/h4-7,13H,8H2,1-3H3. The molecule has 0 unspecified atom stereocenters. The van der Waals surface area contributed by atoms with Crippen LogP contribution in [0.3, 0.4) is 0 Å². The topological polar surface area (TPSA) is 69.7 Å². The van der Waals surface area contributed by atoms with Crippen LogP contribution in [0.25, 0.3) is 0 Å². The fraction of sp³-hybridized carbons (Fsp3) is 0.364. The molecule has 0 radical (unpaired) electrons. The van der Waals surface area contributed by atoms with Crippen molar-refractivity contribution < 1.29 is 13.2 Å². The Morgan fingerprint density at radius 2 is 2.00 bits per heavy atom. The highest BCUT2D eigenvalue weighted by molar-refractivity contribution is 14.1. The van der Waals surface area contributed by atoms with Crippen LogP contribution in [0, 0.1) is 0 Å². The minimum Gasteiger partial charge on any atom is -0.347 e. The van der Waals surface area contributed by atoms with E-state index < -0.39 is 10.0 Å². The molecule has 0 fully saturated rings. The molecule has 0 spiro atoms. The molecule has 0 saturated heterocycles. The quantitative estimate of drug-likeness (QED) is 0.601. The first-order chi connectivity index (χ1) is 8.75. The number of hydrogen-bond donors (Lipinski definition) is 1. The van der Waals surface area contributed by atoms with Crippen molar-refractivity contribution in [1.82, 2.24) is 4.90 Å². The van der Waals surface area contributed by atoms with Gasteiger partial charge in [-0.05, 0) is 18.2 Å². The molecule has 0 bridgehead atoms. The zero-order valence-corrected chi connectivity index (χ0v) is 13.9. The monoisotopic (exact) mass is 397 g/mol. The van der Waals surface area contributed by atoms with Crippen LogP contribution in [-0.2, 0) is 14.8 Å². The zero-order chi connectivity index (χ0) is 14.6. The van der Waals surface area contributed by atoms with E-state index in [9.17, 15) is 13.2 Å². The summed E-state index contributed by atoms with van der Waals surface area (Å²) in [6.07, 6.45) is 1.08. The average Bonchev–Trinajstić information content (AvgIpc) is 2.34. The minimum atomic E-state index is -3.52. The summed E-state index contributed by atoms with van der Waals surface area (Å²) in [5.74, 6) is -0.279. The maximum Gasteiger partial charge on any atom is 0.242 e. The number of hydrogen-bond acceptors (Lipinski definition) is 4. The van der Waals surface area contributed by atoms with E-state index in [4.69, 9.17) is 0 Å². The van der Waals surface area contributed by atoms with Gasteiger partial charge in [0.05, 0.1) is 34.8 Å². The van der Waals surface area contributed by atoms with Gasteiger partial charge in [0.1, 0.15) is 6.54 Å². The number of rotatable bonds is 5. The third kappa shape index (κ3) is 4.53. The second-order valence-corrected chi connectivity index (χ2v) is 6.65. The highest BCUT2D eigenvalue weighted by Crippen LogP contribution is 2.22. The van der Waals surface area contributed by atoms with Crippen molar-refractivity contribution in [3.05, 3.63) is 24.3 Å². The van der Waals surface area contributed by atoms with E-state index in [0.29, 0.717) is 5.69 Å². The van der Waals surface area contributed by atoms with Crippen LogP contribution in [0.5, 0.6) is 0 Å². The smallest absolute Gasteiger partial charge is 0.242 e. The Bertz CT molecular complexity index is 560. The van der Waals surface area contributed by atoms with E-state index in [0.717, 1.165) is 16.2 Å². The van der Waals surface area contributed by atoms with Crippen molar-refractivity contribution in [2.75, 3.05) is 34.7 Å². The minimum absolute atomic E-state index is 0.212. The largest absolute Gasteiger partial charge is 0.347 e. The molecule has 1 aromatic rings. The molecule has 106 valence electrons. The van der Waals surface area contributed by atoms with Gasteiger partial charge in [0.15, 0.2) is 0 Å². The average molecular weight is 397 g/mol. The van der Waals surface area contributed by atoms with Gasteiger partial charge in [0, 0.05) is 19.8 Å². The Labute approximate surface area is 127 Å². The molecule has 0 aliphatic carbocycles. The number of sulfonamides is 1. The van der Waals surface area contributed by atoms with E-state index in [1.165, 1.54) is 4.90 Å². The zero-order valence-electron chi connectivity index (χ0n) is 10.9. The van der Waals surface area contributed by atoms with E-state index in [2.05, 4.69) is 3.53 Å². The molecule has 0 heterocycles. The summed E-state index contributed by atoms with van der Waals surface area (Å²) in [5.41, 5.74) is 1.23. The molecule has 19 heavy (non-hydrogen) atoms. The van der Waals surface area contributed by atoms with Gasteiger partial charge in [0.25, 0.3) is 0 Å². The van der Waals surface area contributed by atoms with Crippen LogP contribution < -0.4 is 7.84 Å². The number of halogens is 1. The third-order valence-electron chi connectivity index (χ3n) is 2.42. The lowest BCUT2D eigenvalue weighted by Crippen LogP contribution is -2.39. The number of amides is 1. The highest BCUT2D eigenvalue weighted by atomic mass is 127. The summed E-state index contributed by atoms with van der Waals surface area (Å²) >= 11 is 1.96. The van der Waals surface area contributed by atoms with E-state index >= 15 is 0 Å². The van der Waals surface area contributed by atoms with Crippen molar-refractivity contribution in [3.63, 3.8) is 0 Å². The fourth-order valence-electron chi connectivity index (χ4n) is 1.38. The van der Waals surface area contributed by atoms with Crippen molar-refractivity contribution in [2.45, 2.75) is 0 Å². The molecule has 0 saturated carbocycles. The lowest BCUT2D eigenvalue weighted by molar-refractivity contribution is -0.127. The van der Waals surface area contributed by atoms with Crippen molar-refractivity contribution >= 4 is 50.2 Å². The first-order valence-electron chi connectivity index (χ1n) is 5.40. The number of carbonyl (C=O) groups excluding carboxylic acids is 1. The molecular formula is C11H16IN3O3S.